The quantitative estimate of drug-likeness (QED) is 0.550. The molecule has 0 spiro atoms. The lowest BCUT2D eigenvalue weighted by molar-refractivity contribution is -0.168. The van der Waals surface area contributed by atoms with Crippen molar-refractivity contribution in [2.24, 2.45) is 35.0 Å². The lowest BCUT2D eigenvalue weighted by Gasteiger charge is -2.63. The van der Waals surface area contributed by atoms with Gasteiger partial charge in [0, 0.05) is 6.04 Å². The van der Waals surface area contributed by atoms with E-state index in [1.807, 2.05) is 19.1 Å². The maximum absolute atomic E-state index is 12.8. The summed E-state index contributed by atoms with van der Waals surface area (Å²) in [5, 5.41) is 23.6. The molecule has 6 atom stereocenters. The molecular weight excluding hydrogens is 354 g/mol. The van der Waals surface area contributed by atoms with E-state index in [4.69, 9.17) is 0 Å². The van der Waals surface area contributed by atoms with Crippen molar-refractivity contribution < 1.29 is 19.8 Å². The summed E-state index contributed by atoms with van der Waals surface area (Å²) < 4.78 is 0. The van der Waals surface area contributed by atoms with Crippen molar-refractivity contribution in [3.8, 4) is 0 Å². The molecule has 0 aliphatic heterocycles. The topological polar surface area (TPSA) is 86.6 Å². The van der Waals surface area contributed by atoms with Gasteiger partial charge in [0.1, 0.15) is 6.10 Å². The van der Waals surface area contributed by atoms with Gasteiger partial charge in [-0.3, -0.25) is 9.59 Å². The molecule has 158 valence electrons. The van der Waals surface area contributed by atoms with Crippen molar-refractivity contribution in [2.75, 3.05) is 0 Å². The Hall–Kier alpha value is -1.36. The van der Waals surface area contributed by atoms with Crippen LogP contribution in [0.4, 0.5) is 0 Å². The molecule has 0 aromatic rings. The van der Waals surface area contributed by atoms with Crippen molar-refractivity contribution in [1.82, 2.24) is 5.32 Å². The molecule has 5 heteroatoms. The number of nitrogens with one attached hydrogen (secondary N) is 1. The molecule has 5 nitrogen and oxygen atoms in total. The van der Waals surface area contributed by atoms with Crippen LogP contribution in [0, 0.1) is 35.0 Å². The van der Waals surface area contributed by atoms with Crippen molar-refractivity contribution in [3.05, 3.63) is 12.2 Å². The number of aliphatic hydroxyl groups excluding tert-OH is 1. The van der Waals surface area contributed by atoms with Crippen LogP contribution in [0.3, 0.4) is 0 Å². The number of allylic oxidation sites excluding steroid dienone is 2. The molecule has 4 saturated carbocycles. The Kier molecular flexibility index (Phi) is 6.53. The van der Waals surface area contributed by atoms with Crippen LogP contribution in [-0.2, 0) is 9.59 Å². The molecule has 2 unspecified atom stereocenters. The molecule has 28 heavy (non-hydrogen) atoms. The van der Waals surface area contributed by atoms with Crippen LogP contribution < -0.4 is 5.32 Å². The second-order valence-corrected chi connectivity index (χ2v) is 9.87. The lowest BCUT2D eigenvalue weighted by Crippen LogP contribution is -2.64. The van der Waals surface area contributed by atoms with E-state index in [1.165, 1.54) is 0 Å². The average Bonchev–Trinajstić information content (AvgIpc) is 3.19. The summed E-state index contributed by atoms with van der Waals surface area (Å²) in [5.74, 6) is -0.694. The van der Waals surface area contributed by atoms with Crippen LogP contribution in [0.1, 0.15) is 72.1 Å². The maximum atomic E-state index is 12.8. The number of hydrogen-bond acceptors (Lipinski definition) is 3. The van der Waals surface area contributed by atoms with E-state index in [-0.39, 0.29) is 29.2 Å². The zero-order chi connectivity index (χ0) is 20.5. The first-order chi connectivity index (χ1) is 13.3. The van der Waals surface area contributed by atoms with E-state index >= 15 is 0 Å². The number of fused-ring (bicyclic) bond motifs is 2. The van der Waals surface area contributed by atoms with Gasteiger partial charge in [0.15, 0.2) is 0 Å². The van der Waals surface area contributed by atoms with E-state index < -0.39 is 18.0 Å². The Morgan fingerprint density at radius 2 is 1.89 bits per heavy atom. The van der Waals surface area contributed by atoms with Gasteiger partial charge in [-0.15, -0.1) is 0 Å². The minimum Gasteiger partial charge on any atom is -0.481 e. The molecule has 4 fully saturated rings. The second-order valence-electron chi connectivity index (χ2n) is 9.87. The number of aliphatic carboxylic acids is 1. The predicted octanol–water partition coefficient (Wildman–Crippen LogP) is 3.76. The minimum absolute atomic E-state index is 0.0537. The monoisotopic (exact) mass is 391 g/mol. The fourth-order valence-corrected chi connectivity index (χ4v) is 6.25. The Balaban J connectivity index is 1.75. The summed E-state index contributed by atoms with van der Waals surface area (Å²) in [6, 6.07) is -0.146. The smallest absolute Gasteiger partial charge is 0.306 e. The SMILES string of the molecule is CC=CCCC(C(=O)O)[C@H]1[C@@H](NC(=O)C(O)C2CCCC2)C[C@H]2C[C@@H]1C2(C)C. The van der Waals surface area contributed by atoms with E-state index in [0.717, 1.165) is 44.9 Å². The number of aliphatic hydroxyl groups is 1. The number of carbonyl (C=O) groups excluding carboxylic acids is 1. The van der Waals surface area contributed by atoms with Crippen molar-refractivity contribution in [3.63, 3.8) is 0 Å². The average molecular weight is 392 g/mol. The largest absolute Gasteiger partial charge is 0.481 e. The highest BCUT2D eigenvalue weighted by Crippen LogP contribution is 2.63. The van der Waals surface area contributed by atoms with Gasteiger partial charge in [-0.2, -0.15) is 0 Å². The molecule has 1 amide bonds. The standard InChI is InChI=1S/C23H37NO4/c1-4-5-6-11-16(22(27)28)19-17-12-15(23(17,2)3)13-18(19)24-21(26)20(25)14-9-7-8-10-14/h4-5,14-20,25H,6-13H2,1-3H3,(H,24,26)(H,27,28)/t15-,16?,17+,18+,19-,20?/m1/s1. The number of rotatable bonds is 8. The number of carbonyl (C=O) groups is 2. The molecule has 4 aliphatic rings. The van der Waals surface area contributed by atoms with Crippen LogP contribution >= 0.6 is 0 Å². The van der Waals surface area contributed by atoms with Crippen LogP contribution in [0.25, 0.3) is 0 Å². The second kappa shape index (κ2) is 8.56. The summed E-state index contributed by atoms with van der Waals surface area (Å²) >= 11 is 0. The summed E-state index contributed by atoms with van der Waals surface area (Å²) in [4.78, 5) is 24.9. The normalized spacial score (nSPS) is 34.0. The third kappa shape index (κ3) is 4.00. The summed E-state index contributed by atoms with van der Waals surface area (Å²) in [6.45, 7) is 6.44. The molecular formula is C23H37NO4. The molecule has 4 aliphatic carbocycles. The molecule has 4 rings (SSSR count). The van der Waals surface area contributed by atoms with E-state index in [1.54, 1.807) is 0 Å². The molecule has 0 aromatic carbocycles. The van der Waals surface area contributed by atoms with Gasteiger partial charge < -0.3 is 15.5 Å². The Bertz CT molecular complexity index is 608. The Labute approximate surface area is 169 Å². The minimum atomic E-state index is -0.958. The van der Waals surface area contributed by atoms with E-state index in [0.29, 0.717) is 18.3 Å². The van der Waals surface area contributed by atoms with Gasteiger partial charge in [-0.1, -0.05) is 38.8 Å². The lowest BCUT2D eigenvalue weighted by atomic mass is 9.42. The van der Waals surface area contributed by atoms with Crippen LogP contribution in [0.15, 0.2) is 12.2 Å². The van der Waals surface area contributed by atoms with Crippen LogP contribution in [-0.4, -0.2) is 34.2 Å². The molecule has 2 bridgehead atoms. The summed E-state index contributed by atoms with van der Waals surface area (Å²) in [6.07, 6.45) is 10.2. The Morgan fingerprint density at radius 1 is 1.21 bits per heavy atom. The van der Waals surface area contributed by atoms with Crippen LogP contribution in [0.2, 0.25) is 0 Å². The van der Waals surface area contributed by atoms with Gasteiger partial charge in [0.2, 0.25) is 5.91 Å². The number of carboxylic acid groups (broad SMARTS) is 1. The highest BCUT2D eigenvalue weighted by atomic mass is 16.4. The van der Waals surface area contributed by atoms with Crippen molar-refractivity contribution in [2.45, 2.75) is 84.3 Å². The summed E-state index contributed by atoms with van der Waals surface area (Å²) in [7, 11) is 0. The van der Waals surface area contributed by atoms with Crippen molar-refractivity contribution >= 4 is 11.9 Å². The third-order valence-electron chi connectivity index (χ3n) is 8.12. The number of amides is 1. The predicted molar refractivity (Wildman–Crippen MR) is 109 cm³/mol. The van der Waals surface area contributed by atoms with Gasteiger partial charge in [-0.25, -0.2) is 0 Å². The fraction of sp³-hybridized carbons (Fsp3) is 0.826. The molecule has 0 saturated heterocycles. The van der Waals surface area contributed by atoms with Crippen molar-refractivity contribution in [1.29, 1.82) is 0 Å². The highest BCUT2D eigenvalue weighted by molar-refractivity contribution is 5.81. The zero-order valence-corrected chi connectivity index (χ0v) is 17.6. The first-order valence-electron chi connectivity index (χ1n) is 11.1. The first kappa shape index (κ1) is 21.4. The van der Waals surface area contributed by atoms with Gasteiger partial charge in [-0.05, 0) is 74.5 Å². The van der Waals surface area contributed by atoms with Gasteiger partial charge in [0.05, 0.1) is 5.92 Å². The molecule has 0 aromatic heterocycles. The molecule has 3 N–H and O–H groups in total. The van der Waals surface area contributed by atoms with Gasteiger partial charge in [0.25, 0.3) is 0 Å². The zero-order valence-electron chi connectivity index (χ0n) is 17.6. The Morgan fingerprint density at radius 3 is 2.46 bits per heavy atom. The first-order valence-corrected chi connectivity index (χ1v) is 11.1. The van der Waals surface area contributed by atoms with E-state index in [9.17, 15) is 19.8 Å². The number of hydrogen-bond donors (Lipinski definition) is 3. The van der Waals surface area contributed by atoms with Crippen LogP contribution in [0.5, 0.6) is 0 Å². The third-order valence-corrected chi connectivity index (χ3v) is 8.12. The molecule has 0 heterocycles. The highest BCUT2D eigenvalue weighted by Gasteiger charge is 2.60. The number of carboxylic acids is 1. The molecule has 0 radical (unpaired) electrons. The summed E-state index contributed by atoms with van der Waals surface area (Å²) in [5.41, 5.74) is 0.129. The van der Waals surface area contributed by atoms with E-state index in [2.05, 4.69) is 19.2 Å². The van der Waals surface area contributed by atoms with Gasteiger partial charge >= 0.3 is 5.97 Å². The fourth-order valence-electron chi connectivity index (χ4n) is 6.25. The maximum Gasteiger partial charge on any atom is 0.306 e.